The van der Waals surface area contributed by atoms with Gasteiger partial charge in [-0.25, -0.2) is 9.78 Å². The summed E-state index contributed by atoms with van der Waals surface area (Å²) in [5, 5.41) is 0. The van der Waals surface area contributed by atoms with Crippen molar-refractivity contribution in [3.05, 3.63) is 53.2 Å². The van der Waals surface area contributed by atoms with Crippen LogP contribution in [0.25, 0.3) is 0 Å². The van der Waals surface area contributed by atoms with E-state index in [-0.39, 0.29) is 5.97 Å². The molecule has 3 rings (SSSR count). The monoisotopic (exact) mass is 411 g/mol. The first kappa shape index (κ1) is 22.1. The maximum Gasteiger partial charge on any atom is 0.349 e. The van der Waals surface area contributed by atoms with E-state index in [1.165, 1.54) is 5.56 Å². The van der Waals surface area contributed by atoms with E-state index in [2.05, 4.69) is 33.0 Å². The van der Waals surface area contributed by atoms with Crippen molar-refractivity contribution >= 4 is 11.8 Å². The second-order valence-electron chi connectivity index (χ2n) is 8.34. The van der Waals surface area contributed by atoms with Crippen molar-refractivity contribution in [2.75, 3.05) is 37.7 Å². The van der Waals surface area contributed by atoms with Crippen LogP contribution in [0.15, 0.2) is 36.5 Å². The van der Waals surface area contributed by atoms with E-state index < -0.39 is 5.60 Å². The zero-order valence-electron chi connectivity index (χ0n) is 18.8. The van der Waals surface area contributed by atoms with Gasteiger partial charge in [0.15, 0.2) is 5.60 Å². The number of rotatable bonds is 7. The third-order valence-corrected chi connectivity index (χ3v) is 5.40. The fourth-order valence-electron chi connectivity index (χ4n) is 3.83. The van der Waals surface area contributed by atoms with Gasteiger partial charge in [-0.1, -0.05) is 18.2 Å². The van der Waals surface area contributed by atoms with Crippen molar-refractivity contribution in [2.24, 2.45) is 0 Å². The van der Waals surface area contributed by atoms with Crippen molar-refractivity contribution in [1.29, 1.82) is 0 Å². The number of benzene rings is 1. The molecule has 162 valence electrons. The molecule has 0 spiro atoms. The number of piperazine rings is 1. The molecule has 6 nitrogen and oxygen atoms in total. The fourth-order valence-corrected chi connectivity index (χ4v) is 3.83. The summed E-state index contributed by atoms with van der Waals surface area (Å²) < 4.78 is 11.2. The first-order valence-corrected chi connectivity index (χ1v) is 10.6. The van der Waals surface area contributed by atoms with Gasteiger partial charge in [-0.15, -0.1) is 0 Å². The summed E-state index contributed by atoms with van der Waals surface area (Å²) in [6, 6.07) is 10.4. The average Bonchev–Trinajstić information content (AvgIpc) is 2.72. The van der Waals surface area contributed by atoms with Gasteiger partial charge in [-0.3, -0.25) is 4.90 Å². The maximum absolute atomic E-state index is 12.2. The zero-order chi connectivity index (χ0) is 21.7. The molecule has 0 unspecified atom stereocenters. The van der Waals surface area contributed by atoms with E-state index >= 15 is 0 Å². The number of pyridine rings is 1. The Morgan fingerprint density at radius 1 is 1.10 bits per heavy atom. The van der Waals surface area contributed by atoms with Gasteiger partial charge in [0.1, 0.15) is 11.6 Å². The summed E-state index contributed by atoms with van der Waals surface area (Å²) in [5.74, 6) is 1.46. The molecule has 1 saturated heterocycles. The van der Waals surface area contributed by atoms with E-state index in [1.54, 1.807) is 20.8 Å². The third kappa shape index (κ3) is 5.30. The average molecular weight is 412 g/mol. The van der Waals surface area contributed by atoms with Crippen molar-refractivity contribution < 1.29 is 14.3 Å². The summed E-state index contributed by atoms with van der Waals surface area (Å²) in [7, 11) is 0. The number of anilines is 1. The van der Waals surface area contributed by atoms with Crippen molar-refractivity contribution in [1.82, 2.24) is 9.88 Å². The molecule has 2 heterocycles. The summed E-state index contributed by atoms with van der Waals surface area (Å²) in [4.78, 5) is 21.4. The Morgan fingerprint density at radius 2 is 1.77 bits per heavy atom. The smallest absolute Gasteiger partial charge is 0.349 e. The first-order chi connectivity index (χ1) is 14.3. The minimum absolute atomic E-state index is 0.343. The molecular formula is C24H33N3O3. The lowest BCUT2D eigenvalue weighted by atomic mass is 10.0. The second kappa shape index (κ2) is 9.47. The minimum Gasteiger partial charge on any atom is -0.476 e. The Kier molecular flexibility index (Phi) is 6.98. The Labute approximate surface area is 179 Å². The summed E-state index contributed by atoms with van der Waals surface area (Å²) in [6.45, 7) is 14.6. The molecule has 1 aromatic heterocycles. The number of carbonyl (C=O) groups is 1. The van der Waals surface area contributed by atoms with Crippen LogP contribution in [0, 0.1) is 13.8 Å². The fraction of sp³-hybridized carbons (Fsp3) is 0.500. The molecule has 6 heteroatoms. The highest BCUT2D eigenvalue weighted by Gasteiger charge is 2.32. The quantitative estimate of drug-likeness (QED) is 0.647. The van der Waals surface area contributed by atoms with Crippen LogP contribution in [0.1, 0.15) is 37.5 Å². The van der Waals surface area contributed by atoms with Gasteiger partial charge in [0, 0.05) is 38.9 Å². The zero-order valence-corrected chi connectivity index (χ0v) is 18.8. The van der Waals surface area contributed by atoms with Crippen LogP contribution in [-0.4, -0.2) is 54.2 Å². The number of aryl methyl sites for hydroxylation is 2. The number of hydrogen-bond donors (Lipinski definition) is 0. The molecule has 1 aliphatic rings. The lowest BCUT2D eigenvalue weighted by molar-refractivity contribution is -0.158. The standard InChI is InChI=1S/C24H33N3O3/c1-6-29-23(28)24(4,5)30-22-18(2)15-20(16-19(22)3)17-26-11-13-27(14-12-26)21-9-7-8-10-25-21/h7-10,15-16H,6,11-14,17H2,1-5H3. The number of carbonyl (C=O) groups excluding carboxylic acids is 1. The van der Waals surface area contributed by atoms with E-state index in [0.29, 0.717) is 6.61 Å². The molecule has 2 aromatic rings. The van der Waals surface area contributed by atoms with Crippen LogP contribution in [-0.2, 0) is 16.1 Å². The summed E-state index contributed by atoms with van der Waals surface area (Å²) in [6.07, 6.45) is 1.85. The number of nitrogens with zero attached hydrogens (tertiary/aromatic N) is 3. The van der Waals surface area contributed by atoms with Gasteiger partial charge in [0.05, 0.1) is 6.61 Å². The van der Waals surface area contributed by atoms with Gasteiger partial charge in [0.25, 0.3) is 0 Å². The van der Waals surface area contributed by atoms with Gasteiger partial charge in [0.2, 0.25) is 0 Å². The largest absolute Gasteiger partial charge is 0.476 e. The molecule has 0 bridgehead atoms. The van der Waals surface area contributed by atoms with E-state index in [4.69, 9.17) is 9.47 Å². The van der Waals surface area contributed by atoms with Gasteiger partial charge in [-0.05, 0) is 63.4 Å². The number of ether oxygens (including phenoxy) is 2. The SMILES string of the molecule is CCOC(=O)C(C)(C)Oc1c(C)cc(CN2CCN(c3ccccn3)CC2)cc1C. The third-order valence-electron chi connectivity index (χ3n) is 5.40. The predicted octanol–water partition coefficient (Wildman–Crippen LogP) is 3.74. The van der Waals surface area contributed by atoms with Crippen molar-refractivity contribution in [2.45, 2.75) is 46.8 Å². The van der Waals surface area contributed by atoms with Crippen molar-refractivity contribution in [3.8, 4) is 5.75 Å². The lowest BCUT2D eigenvalue weighted by Crippen LogP contribution is -2.46. The predicted molar refractivity (Wildman–Crippen MR) is 119 cm³/mol. The van der Waals surface area contributed by atoms with Crippen LogP contribution < -0.4 is 9.64 Å². The molecule has 0 saturated carbocycles. The van der Waals surface area contributed by atoms with E-state index in [9.17, 15) is 4.79 Å². The highest BCUT2D eigenvalue weighted by Crippen LogP contribution is 2.29. The van der Waals surface area contributed by atoms with Gasteiger partial charge in [-0.2, -0.15) is 0 Å². The first-order valence-electron chi connectivity index (χ1n) is 10.6. The molecule has 0 amide bonds. The van der Waals surface area contributed by atoms with Crippen LogP contribution in [0.2, 0.25) is 0 Å². The van der Waals surface area contributed by atoms with Gasteiger partial charge < -0.3 is 14.4 Å². The Balaban J connectivity index is 1.62. The highest BCUT2D eigenvalue weighted by molar-refractivity contribution is 5.79. The van der Waals surface area contributed by atoms with Crippen LogP contribution >= 0.6 is 0 Å². The minimum atomic E-state index is -1.02. The second-order valence-corrected chi connectivity index (χ2v) is 8.34. The number of hydrogen-bond acceptors (Lipinski definition) is 6. The molecule has 0 aliphatic carbocycles. The Hall–Kier alpha value is -2.60. The molecule has 1 aromatic carbocycles. The Morgan fingerprint density at radius 3 is 2.33 bits per heavy atom. The highest BCUT2D eigenvalue weighted by atomic mass is 16.6. The topological polar surface area (TPSA) is 54.9 Å². The van der Waals surface area contributed by atoms with E-state index in [0.717, 1.165) is 55.4 Å². The molecule has 0 N–H and O–H groups in total. The van der Waals surface area contributed by atoms with E-state index in [1.807, 2.05) is 32.2 Å². The molecule has 1 fully saturated rings. The van der Waals surface area contributed by atoms with Crippen molar-refractivity contribution in [3.63, 3.8) is 0 Å². The molecule has 1 aliphatic heterocycles. The van der Waals surface area contributed by atoms with Crippen LogP contribution in [0.5, 0.6) is 5.75 Å². The lowest BCUT2D eigenvalue weighted by Gasteiger charge is -2.35. The normalized spacial score (nSPS) is 15.2. The van der Waals surface area contributed by atoms with Crippen LogP contribution in [0.4, 0.5) is 5.82 Å². The summed E-state index contributed by atoms with van der Waals surface area (Å²) in [5.41, 5.74) is 2.32. The molecule has 0 atom stereocenters. The molecule has 30 heavy (non-hydrogen) atoms. The van der Waals surface area contributed by atoms with Crippen LogP contribution in [0.3, 0.4) is 0 Å². The number of esters is 1. The molecular weight excluding hydrogens is 378 g/mol. The van der Waals surface area contributed by atoms with Gasteiger partial charge >= 0.3 is 5.97 Å². The molecule has 0 radical (unpaired) electrons. The number of aromatic nitrogens is 1. The maximum atomic E-state index is 12.2. The summed E-state index contributed by atoms with van der Waals surface area (Å²) >= 11 is 0. The Bertz CT molecular complexity index is 836.